The summed E-state index contributed by atoms with van der Waals surface area (Å²) in [6.07, 6.45) is 1.03. The van der Waals surface area contributed by atoms with Crippen molar-refractivity contribution in [2.24, 2.45) is 0 Å². The Morgan fingerprint density at radius 3 is 2.86 bits per heavy atom. The van der Waals surface area contributed by atoms with Crippen molar-refractivity contribution in [3.05, 3.63) is 53.6 Å². The Morgan fingerprint density at radius 2 is 2.00 bits per heavy atom. The molecule has 0 atom stereocenters. The van der Waals surface area contributed by atoms with Crippen LogP contribution in [0.5, 0.6) is 5.75 Å². The highest BCUT2D eigenvalue weighted by molar-refractivity contribution is 5.72. The lowest BCUT2D eigenvalue weighted by molar-refractivity contribution is 0.322. The quantitative estimate of drug-likeness (QED) is 0.930. The van der Waals surface area contributed by atoms with E-state index in [0.29, 0.717) is 0 Å². The molecular weight excluding hydrogens is 260 g/mol. The first kappa shape index (κ1) is 14.0. The molecule has 110 valence electrons. The summed E-state index contributed by atoms with van der Waals surface area (Å²) in [7, 11) is 1.99. The molecule has 1 aliphatic heterocycles. The van der Waals surface area contributed by atoms with Gasteiger partial charge in [-0.3, -0.25) is 0 Å². The third kappa shape index (κ3) is 2.88. The highest BCUT2D eigenvalue weighted by Gasteiger charge is 2.19. The Labute approximate surface area is 126 Å². The predicted molar refractivity (Wildman–Crippen MR) is 87.5 cm³/mol. The number of para-hydroxylation sites is 2. The number of hydrogen-bond acceptors (Lipinski definition) is 3. The molecule has 2 aromatic carbocycles. The molecule has 0 aliphatic carbocycles. The van der Waals surface area contributed by atoms with Gasteiger partial charge in [0.25, 0.3) is 0 Å². The summed E-state index contributed by atoms with van der Waals surface area (Å²) in [6.45, 7) is 4.77. The van der Waals surface area contributed by atoms with Crippen molar-refractivity contribution in [1.29, 1.82) is 0 Å². The van der Waals surface area contributed by atoms with Gasteiger partial charge >= 0.3 is 0 Å². The van der Waals surface area contributed by atoms with Gasteiger partial charge in [-0.25, -0.2) is 0 Å². The van der Waals surface area contributed by atoms with Gasteiger partial charge in [0.2, 0.25) is 0 Å². The van der Waals surface area contributed by atoms with Gasteiger partial charge in [-0.1, -0.05) is 29.8 Å². The van der Waals surface area contributed by atoms with Gasteiger partial charge in [-0.2, -0.15) is 0 Å². The molecule has 1 heterocycles. The second-order valence-electron chi connectivity index (χ2n) is 5.48. The van der Waals surface area contributed by atoms with E-state index >= 15 is 0 Å². The number of hydrogen-bond donors (Lipinski definition) is 1. The minimum Gasteiger partial charge on any atom is -0.491 e. The predicted octanol–water partition coefficient (Wildman–Crippen LogP) is 3.64. The molecule has 3 nitrogen and oxygen atoms in total. The molecule has 1 N–H and O–H groups in total. The second-order valence-corrected chi connectivity index (χ2v) is 5.48. The van der Waals surface area contributed by atoms with E-state index in [2.05, 4.69) is 53.5 Å². The Balaban J connectivity index is 2.07. The SMILES string of the molecule is CNCc1cc(C)ccc1N1CCCOc2ccccc21. The summed E-state index contributed by atoms with van der Waals surface area (Å²) >= 11 is 0. The Bertz CT molecular complexity index is 624. The second kappa shape index (κ2) is 6.19. The summed E-state index contributed by atoms with van der Waals surface area (Å²) < 4.78 is 5.87. The van der Waals surface area contributed by atoms with Crippen LogP contribution in [-0.4, -0.2) is 20.2 Å². The molecule has 0 radical (unpaired) electrons. The van der Waals surface area contributed by atoms with E-state index in [-0.39, 0.29) is 0 Å². The van der Waals surface area contributed by atoms with E-state index in [1.54, 1.807) is 0 Å². The molecule has 0 saturated carbocycles. The number of aryl methyl sites for hydroxylation is 1. The van der Waals surface area contributed by atoms with Gasteiger partial charge in [-0.15, -0.1) is 0 Å². The highest BCUT2D eigenvalue weighted by Crippen LogP contribution is 2.37. The zero-order chi connectivity index (χ0) is 14.7. The monoisotopic (exact) mass is 282 g/mol. The van der Waals surface area contributed by atoms with Crippen LogP contribution in [0, 0.1) is 6.92 Å². The normalized spacial score (nSPS) is 14.3. The molecule has 0 spiro atoms. The fourth-order valence-corrected chi connectivity index (χ4v) is 2.89. The van der Waals surface area contributed by atoms with Crippen LogP contribution in [0.4, 0.5) is 11.4 Å². The van der Waals surface area contributed by atoms with Crippen LogP contribution in [0.2, 0.25) is 0 Å². The van der Waals surface area contributed by atoms with E-state index in [0.717, 1.165) is 37.6 Å². The minimum atomic E-state index is 0.779. The number of rotatable bonds is 3. The van der Waals surface area contributed by atoms with E-state index in [9.17, 15) is 0 Å². The summed E-state index contributed by atoms with van der Waals surface area (Å²) in [5, 5.41) is 3.27. The van der Waals surface area contributed by atoms with E-state index in [1.807, 2.05) is 13.1 Å². The lowest BCUT2D eigenvalue weighted by Gasteiger charge is -2.26. The number of nitrogens with zero attached hydrogens (tertiary/aromatic N) is 1. The summed E-state index contributed by atoms with van der Waals surface area (Å²) in [6, 6.07) is 15.0. The molecule has 0 aromatic heterocycles. The zero-order valence-electron chi connectivity index (χ0n) is 12.7. The average Bonchev–Trinajstić information content (AvgIpc) is 2.70. The van der Waals surface area contributed by atoms with Crippen LogP contribution in [0.1, 0.15) is 17.5 Å². The lowest BCUT2D eigenvalue weighted by atomic mass is 10.1. The Morgan fingerprint density at radius 1 is 1.14 bits per heavy atom. The molecule has 0 bridgehead atoms. The number of ether oxygens (including phenoxy) is 1. The van der Waals surface area contributed by atoms with Crippen molar-refractivity contribution in [3.8, 4) is 5.75 Å². The molecular formula is C18H22N2O. The maximum atomic E-state index is 5.87. The van der Waals surface area contributed by atoms with Crippen LogP contribution < -0.4 is 15.0 Å². The number of fused-ring (bicyclic) bond motifs is 1. The minimum absolute atomic E-state index is 0.779. The van der Waals surface area contributed by atoms with Crippen molar-refractivity contribution in [1.82, 2.24) is 5.32 Å². The van der Waals surface area contributed by atoms with Crippen molar-refractivity contribution >= 4 is 11.4 Å². The molecule has 1 aliphatic rings. The van der Waals surface area contributed by atoms with Crippen molar-refractivity contribution in [2.75, 3.05) is 25.1 Å². The van der Waals surface area contributed by atoms with Crippen LogP contribution >= 0.6 is 0 Å². The van der Waals surface area contributed by atoms with E-state index in [4.69, 9.17) is 4.74 Å². The summed E-state index contributed by atoms with van der Waals surface area (Å²) in [5.74, 6) is 0.978. The zero-order valence-corrected chi connectivity index (χ0v) is 12.7. The number of anilines is 2. The molecule has 0 amide bonds. The van der Waals surface area contributed by atoms with Crippen LogP contribution in [0.25, 0.3) is 0 Å². The van der Waals surface area contributed by atoms with E-state index < -0.39 is 0 Å². The van der Waals surface area contributed by atoms with Gasteiger partial charge in [0.1, 0.15) is 5.75 Å². The van der Waals surface area contributed by atoms with Crippen LogP contribution in [-0.2, 0) is 6.54 Å². The lowest BCUT2D eigenvalue weighted by Crippen LogP contribution is -2.20. The summed E-state index contributed by atoms with van der Waals surface area (Å²) in [4.78, 5) is 2.38. The third-order valence-electron chi connectivity index (χ3n) is 3.83. The molecule has 3 rings (SSSR count). The van der Waals surface area contributed by atoms with Gasteiger partial charge in [-0.05, 0) is 44.2 Å². The maximum Gasteiger partial charge on any atom is 0.142 e. The molecule has 0 fully saturated rings. The highest BCUT2D eigenvalue weighted by atomic mass is 16.5. The fraction of sp³-hybridized carbons (Fsp3) is 0.333. The standard InChI is InChI=1S/C18H22N2O/c1-14-8-9-16(15(12-14)13-19-2)20-10-5-11-21-18-7-4-3-6-17(18)20/h3-4,6-9,12,19H,5,10-11,13H2,1-2H3. The molecule has 0 unspecified atom stereocenters. The first-order chi connectivity index (χ1) is 10.3. The van der Waals surface area contributed by atoms with Crippen LogP contribution in [0.15, 0.2) is 42.5 Å². The first-order valence-electron chi connectivity index (χ1n) is 7.53. The molecule has 21 heavy (non-hydrogen) atoms. The van der Waals surface area contributed by atoms with Gasteiger partial charge in [0.15, 0.2) is 0 Å². The molecule has 2 aromatic rings. The fourth-order valence-electron chi connectivity index (χ4n) is 2.89. The first-order valence-corrected chi connectivity index (χ1v) is 7.53. The topological polar surface area (TPSA) is 24.5 Å². The number of nitrogens with one attached hydrogen (secondary N) is 1. The van der Waals surface area contributed by atoms with Gasteiger partial charge in [0, 0.05) is 18.8 Å². The maximum absolute atomic E-state index is 5.87. The van der Waals surface area contributed by atoms with Gasteiger partial charge < -0.3 is 15.0 Å². The van der Waals surface area contributed by atoms with Crippen molar-refractivity contribution in [3.63, 3.8) is 0 Å². The molecule has 0 saturated heterocycles. The van der Waals surface area contributed by atoms with Crippen molar-refractivity contribution in [2.45, 2.75) is 19.9 Å². The molecule has 3 heteroatoms. The van der Waals surface area contributed by atoms with Crippen molar-refractivity contribution < 1.29 is 4.74 Å². The van der Waals surface area contributed by atoms with Crippen LogP contribution in [0.3, 0.4) is 0 Å². The third-order valence-corrected chi connectivity index (χ3v) is 3.83. The van der Waals surface area contributed by atoms with E-state index in [1.165, 1.54) is 16.8 Å². The summed E-state index contributed by atoms with van der Waals surface area (Å²) in [5.41, 5.74) is 5.06. The Kier molecular flexibility index (Phi) is 4.11. The largest absolute Gasteiger partial charge is 0.491 e. The van der Waals surface area contributed by atoms with Gasteiger partial charge in [0.05, 0.1) is 12.3 Å². The average molecular weight is 282 g/mol. The Hall–Kier alpha value is -2.00. The smallest absolute Gasteiger partial charge is 0.142 e. The number of benzene rings is 2.